The van der Waals surface area contributed by atoms with E-state index in [9.17, 15) is 5.11 Å². The van der Waals surface area contributed by atoms with Gasteiger partial charge in [0.2, 0.25) is 5.95 Å². The molecule has 0 spiro atoms. The fourth-order valence-electron chi connectivity index (χ4n) is 2.21. The van der Waals surface area contributed by atoms with Crippen molar-refractivity contribution in [1.82, 2.24) is 9.97 Å². The second-order valence-corrected chi connectivity index (χ2v) is 6.09. The molecule has 0 saturated carbocycles. The van der Waals surface area contributed by atoms with Crippen LogP contribution in [-0.2, 0) is 0 Å². The number of anilines is 2. The van der Waals surface area contributed by atoms with Gasteiger partial charge in [0.15, 0.2) is 0 Å². The van der Waals surface area contributed by atoms with Gasteiger partial charge in [-0.15, -0.1) is 0 Å². The third-order valence-corrected chi connectivity index (χ3v) is 2.89. The van der Waals surface area contributed by atoms with Gasteiger partial charge in [-0.05, 0) is 32.6 Å². The highest BCUT2D eigenvalue weighted by Gasteiger charge is 2.21. The maximum absolute atomic E-state index is 10.3. The molecule has 1 aromatic heterocycles. The van der Waals surface area contributed by atoms with E-state index in [0.29, 0.717) is 18.4 Å². The van der Waals surface area contributed by atoms with E-state index < -0.39 is 5.60 Å². The zero-order chi connectivity index (χ0) is 15.2. The Morgan fingerprint density at radius 3 is 2.60 bits per heavy atom. The Bertz CT molecular complexity index is 418. The van der Waals surface area contributed by atoms with E-state index in [2.05, 4.69) is 41.4 Å². The molecule has 0 aliphatic rings. The molecule has 1 rings (SSSR count). The van der Waals surface area contributed by atoms with Gasteiger partial charge in [-0.1, -0.05) is 20.8 Å². The molecular formula is C15H28N4O. The smallest absolute Gasteiger partial charge is 0.224 e. The molecular weight excluding hydrogens is 252 g/mol. The van der Waals surface area contributed by atoms with E-state index in [1.807, 2.05) is 19.9 Å². The molecule has 114 valence electrons. The average molecular weight is 280 g/mol. The molecule has 0 radical (unpaired) electrons. The molecule has 0 fully saturated rings. The van der Waals surface area contributed by atoms with Gasteiger partial charge < -0.3 is 15.7 Å². The Morgan fingerprint density at radius 1 is 1.30 bits per heavy atom. The van der Waals surface area contributed by atoms with Crippen LogP contribution in [0.15, 0.2) is 6.07 Å². The molecule has 5 heteroatoms. The summed E-state index contributed by atoms with van der Waals surface area (Å²) in [6.07, 6.45) is 1.79. The highest BCUT2D eigenvalue weighted by molar-refractivity contribution is 5.42. The highest BCUT2D eigenvalue weighted by Crippen LogP contribution is 2.17. The van der Waals surface area contributed by atoms with E-state index in [1.165, 1.54) is 0 Å². The van der Waals surface area contributed by atoms with Gasteiger partial charge >= 0.3 is 0 Å². The third kappa shape index (κ3) is 6.19. The minimum Gasteiger partial charge on any atom is -0.388 e. The quantitative estimate of drug-likeness (QED) is 0.683. The number of nitrogens with zero attached hydrogens (tertiary/aromatic N) is 2. The molecule has 1 atom stereocenters. The Morgan fingerprint density at radius 2 is 2.00 bits per heavy atom. The summed E-state index contributed by atoms with van der Waals surface area (Å²) in [6.45, 7) is 11.4. The van der Waals surface area contributed by atoms with Crippen molar-refractivity contribution in [2.75, 3.05) is 23.7 Å². The highest BCUT2D eigenvalue weighted by atomic mass is 16.3. The van der Waals surface area contributed by atoms with Crippen molar-refractivity contribution in [2.24, 2.45) is 5.92 Å². The van der Waals surface area contributed by atoms with Crippen LogP contribution >= 0.6 is 0 Å². The lowest BCUT2D eigenvalue weighted by molar-refractivity contribution is 0.0515. The van der Waals surface area contributed by atoms with Crippen LogP contribution in [0.1, 0.15) is 46.2 Å². The van der Waals surface area contributed by atoms with Gasteiger partial charge in [0.1, 0.15) is 5.82 Å². The summed E-state index contributed by atoms with van der Waals surface area (Å²) in [7, 11) is 0. The van der Waals surface area contributed by atoms with Crippen molar-refractivity contribution in [2.45, 2.75) is 53.1 Å². The van der Waals surface area contributed by atoms with Crippen LogP contribution in [0.2, 0.25) is 0 Å². The number of rotatable bonds is 8. The summed E-state index contributed by atoms with van der Waals surface area (Å²) in [5.74, 6) is 1.85. The Hall–Kier alpha value is -1.36. The predicted octanol–water partition coefficient (Wildman–Crippen LogP) is 2.82. The summed E-state index contributed by atoms with van der Waals surface area (Å²) in [6, 6.07) is 1.89. The first-order valence-electron chi connectivity index (χ1n) is 7.38. The van der Waals surface area contributed by atoms with Gasteiger partial charge in [0.25, 0.3) is 0 Å². The number of aromatic nitrogens is 2. The maximum atomic E-state index is 10.3. The molecule has 1 heterocycles. The molecule has 0 bridgehead atoms. The summed E-state index contributed by atoms with van der Waals surface area (Å²) < 4.78 is 0. The predicted molar refractivity (Wildman–Crippen MR) is 84.1 cm³/mol. The van der Waals surface area contributed by atoms with E-state index in [0.717, 1.165) is 30.9 Å². The van der Waals surface area contributed by atoms with Crippen molar-refractivity contribution in [3.8, 4) is 0 Å². The van der Waals surface area contributed by atoms with Crippen molar-refractivity contribution in [1.29, 1.82) is 0 Å². The Kier molecular flexibility index (Phi) is 6.20. The van der Waals surface area contributed by atoms with Gasteiger partial charge in [0.05, 0.1) is 5.60 Å². The van der Waals surface area contributed by atoms with Gasteiger partial charge in [-0.2, -0.15) is 4.98 Å². The lowest BCUT2D eigenvalue weighted by atomic mass is 9.94. The van der Waals surface area contributed by atoms with Crippen LogP contribution in [0.25, 0.3) is 0 Å². The lowest BCUT2D eigenvalue weighted by Crippen LogP contribution is -2.35. The van der Waals surface area contributed by atoms with Crippen LogP contribution in [0, 0.1) is 12.8 Å². The second kappa shape index (κ2) is 7.43. The van der Waals surface area contributed by atoms with Crippen LogP contribution in [0.3, 0.4) is 0 Å². The molecule has 20 heavy (non-hydrogen) atoms. The minimum absolute atomic E-state index is 0.459. The topological polar surface area (TPSA) is 70.1 Å². The van der Waals surface area contributed by atoms with Crippen LogP contribution in [0.5, 0.6) is 0 Å². The van der Waals surface area contributed by atoms with Gasteiger partial charge in [-0.3, -0.25) is 0 Å². The summed E-state index contributed by atoms with van der Waals surface area (Å²) >= 11 is 0. The van der Waals surface area contributed by atoms with E-state index in [1.54, 1.807) is 0 Å². The maximum Gasteiger partial charge on any atom is 0.224 e. The van der Waals surface area contributed by atoms with Crippen molar-refractivity contribution >= 4 is 11.8 Å². The first-order chi connectivity index (χ1) is 9.32. The Labute approximate surface area is 122 Å². The van der Waals surface area contributed by atoms with E-state index in [4.69, 9.17) is 0 Å². The largest absolute Gasteiger partial charge is 0.388 e. The zero-order valence-corrected chi connectivity index (χ0v) is 13.3. The van der Waals surface area contributed by atoms with Crippen LogP contribution in [0.4, 0.5) is 11.8 Å². The molecule has 0 saturated heterocycles. The molecule has 1 aromatic rings. The lowest BCUT2D eigenvalue weighted by Gasteiger charge is -2.26. The minimum atomic E-state index is -0.732. The summed E-state index contributed by atoms with van der Waals surface area (Å²) in [5.41, 5.74) is 0.175. The molecule has 0 amide bonds. The number of aliphatic hydroxyl groups is 1. The normalized spacial score (nSPS) is 14.2. The fourth-order valence-corrected chi connectivity index (χ4v) is 2.21. The number of aryl methyl sites for hydroxylation is 1. The van der Waals surface area contributed by atoms with Crippen molar-refractivity contribution in [3.05, 3.63) is 11.8 Å². The van der Waals surface area contributed by atoms with Crippen LogP contribution < -0.4 is 10.6 Å². The van der Waals surface area contributed by atoms with E-state index >= 15 is 0 Å². The van der Waals surface area contributed by atoms with Crippen LogP contribution in [-0.4, -0.2) is 33.8 Å². The third-order valence-electron chi connectivity index (χ3n) is 2.89. The zero-order valence-electron chi connectivity index (χ0n) is 13.3. The van der Waals surface area contributed by atoms with Crippen molar-refractivity contribution in [3.63, 3.8) is 0 Å². The second-order valence-electron chi connectivity index (χ2n) is 6.09. The van der Waals surface area contributed by atoms with Gasteiger partial charge in [0, 0.05) is 24.8 Å². The van der Waals surface area contributed by atoms with Gasteiger partial charge in [-0.25, -0.2) is 4.98 Å². The fraction of sp³-hybridized carbons (Fsp3) is 0.733. The van der Waals surface area contributed by atoms with E-state index in [-0.39, 0.29) is 0 Å². The molecule has 0 aromatic carbocycles. The molecule has 0 aliphatic heterocycles. The first-order valence-corrected chi connectivity index (χ1v) is 7.38. The molecule has 1 unspecified atom stereocenters. The standard InChI is InChI=1S/C15H28N4O/c1-6-7-16-14-18-12(4)8-13(19-14)17-10-15(5,20)9-11(2)3/h8,11,20H,6-7,9-10H2,1-5H3,(H2,16,17,18,19). The molecule has 0 aliphatic carbocycles. The number of nitrogens with one attached hydrogen (secondary N) is 2. The SMILES string of the molecule is CCCNc1nc(C)cc(NCC(C)(O)CC(C)C)n1. The molecule has 3 N–H and O–H groups in total. The monoisotopic (exact) mass is 280 g/mol. The number of hydrogen-bond acceptors (Lipinski definition) is 5. The summed E-state index contributed by atoms with van der Waals surface area (Å²) in [4.78, 5) is 8.75. The summed E-state index contributed by atoms with van der Waals surface area (Å²) in [5, 5.41) is 16.7. The first kappa shape index (κ1) is 16.7. The van der Waals surface area contributed by atoms with Crippen molar-refractivity contribution < 1.29 is 5.11 Å². The Balaban J connectivity index is 2.65. The average Bonchev–Trinajstić information content (AvgIpc) is 2.32. The molecule has 5 nitrogen and oxygen atoms in total. The number of hydrogen-bond donors (Lipinski definition) is 3.